The van der Waals surface area contributed by atoms with Crippen LogP contribution in [0.15, 0.2) is 60.7 Å². The van der Waals surface area contributed by atoms with Gasteiger partial charge in [-0.1, -0.05) is 42.5 Å². The van der Waals surface area contributed by atoms with Gasteiger partial charge in [-0.05, 0) is 23.8 Å². The van der Waals surface area contributed by atoms with Crippen molar-refractivity contribution in [3.05, 3.63) is 71.8 Å². The van der Waals surface area contributed by atoms with E-state index in [1.54, 1.807) is 6.08 Å². The quantitative estimate of drug-likeness (QED) is 0.749. The van der Waals surface area contributed by atoms with Crippen LogP contribution in [0.3, 0.4) is 0 Å². The molecule has 2 aromatic carbocycles. The molecule has 0 saturated heterocycles. The first-order chi connectivity index (χ1) is 12.2. The summed E-state index contributed by atoms with van der Waals surface area (Å²) in [4.78, 5) is 18.2. The van der Waals surface area contributed by atoms with Gasteiger partial charge in [-0.15, -0.1) is 0 Å². The molecule has 0 bridgehead atoms. The number of hydrogen-bond donors (Lipinski definition) is 1. The fraction of sp³-hybridized carbons (Fsp3) is 0.143. The lowest BCUT2D eigenvalue weighted by Crippen LogP contribution is -2.22. The number of pyridine rings is 1. The average molecular weight is 330 g/mol. The number of aromatic amines is 1. The number of nitrogens with zero attached hydrogens (tertiary/aromatic N) is 1. The minimum absolute atomic E-state index is 0.114. The zero-order chi connectivity index (χ0) is 17.2. The van der Waals surface area contributed by atoms with Crippen molar-refractivity contribution in [3.63, 3.8) is 0 Å². The number of carbonyl (C=O) groups excluding carboxylic acids is 1. The van der Waals surface area contributed by atoms with E-state index in [-0.39, 0.29) is 5.91 Å². The summed E-state index contributed by atoms with van der Waals surface area (Å²) in [6.45, 7) is 0.949. The molecule has 0 atom stereocenters. The number of likely N-dealkylation sites (N-methyl/N-ethyl adjacent to an activating group) is 1. The molecule has 0 radical (unpaired) electrons. The van der Waals surface area contributed by atoms with E-state index in [2.05, 4.69) is 22.2 Å². The Morgan fingerprint density at radius 3 is 2.72 bits per heavy atom. The largest absolute Gasteiger partial charge is 0.321 e. The van der Waals surface area contributed by atoms with Gasteiger partial charge in [0.15, 0.2) is 0 Å². The first-order valence-electron chi connectivity index (χ1n) is 8.44. The summed E-state index contributed by atoms with van der Waals surface area (Å²) in [6, 6.07) is 17.9. The number of benzene rings is 2. The molecule has 124 valence electrons. The molecule has 3 aromatic rings. The van der Waals surface area contributed by atoms with Gasteiger partial charge >= 0.3 is 0 Å². The van der Waals surface area contributed by atoms with Crippen LogP contribution in [0.4, 0.5) is 11.5 Å². The summed E-state index contributed by atoms with van der Waals surface area (Å²) < 4.78 is 0. The molecule has 0 saturated carbocycles. The molecule has 2 heterocycles. The van der Waals surface area contributed by atoms with Crippen molar-refractivity contribution in [2.24, 2.45) is 0 Å². The summed E-state index contributed by atoms with van der Waals surface area (Å²) in [6.07, 6.45) is 4.34. The molecular formula is C21H20N3O+. The number of anilines is 2. The molecule has 0 fully saturated rings. The highest BCUT2D eigenvalue weighted by molar-refractivity contribution is 6.08. The van der Waals surface area contributed by atoms with Crippen LogP contribution in [-0.4, -0.2) is 19.5 Å². The van der Waals surface area contributed by atoms with Crippen LogP contribution in [0.2, 0.25) is 0 Å². The second kappa shape index (κ2) is 6.40. The van der Waals surface area contributed by atoms with Gasteiger partial charge in [0.05, 0.1) is 24.8 Å². The smallest absolute Gasteiger partial charge is 0.280 e. The van der Waals surface area contributed by atoms with Crippen LogP contribution in [0.1, 0.15) is 11.1 Å². The number of carbonyl (C=O) groups is 1. The topological polar surface area (TPSA) is 46.5 Å². The molecule has 0 unspecified atom stereocenters. The van der Waals surface area contributed by atoms with Crippen LogP contribution < -0.4 is 15.2 Å². The number of rotatable bonds is 3. The van der Waals surface area contributed by atoms with E-state index in [0.29, 0.717) is 0 Å². The van der Waals surface area contributed by atoms with E-state index < -0.39 is 0 Å². The van der Waals surface area contributed by atoms with Crippen molar-refractivity contribution in [1.82, 2.24) is 0 Å². The van der Waals surface area contributed by atoms with E-state index in [9.17, 15) is 4.79 Å². The zero-order valence-corrected chi connectivity index (χ0v) is 14.1. The number of hydrogen-bond acceptors (Lipinski definition) is 2. The number of aromatic nitrogens is 1. The van der Waals surface area contributed by atoms with Gasteiger partial charge < -0.3 is 5.32 Å². The molecule has 25 heavy (non-hydrogen) atoms. The highest BCUT2D eigenvalue weighted by atomic mass is 16.1. The number of para-hydroxylation sites is 1. The molecule has 1 amide bonds. The summed E-state index contributed by atoms with van der Waals surface area (Å²) in [7, 11) is 2.07. The highest BCUT2D eigenvalue weighted by Gasteiger charge is 2.29. The summed E-state index contributed by atoms with van der Waals surface area (Å²) >= 11 is 0. The Labute approximate surface area is 146 Å². The molecule has 4 rings (SSSR count). The molecule has 1 aliphatic heterocycles. The maximum Gasteiger partial charge on any atom is 0.280 e. The fourth-order valence-corrected chi connectivity index (χ4v) is 3.30. The summed E-state index contributed by atoms with van der Waals surface area (Å²) in [5.41, 5.74) is 4.12. The second-order valence-electron chi connectivity index (χ2n) is 6.28. The third kappa shape index (κ3) is 2.98. The van der Waals surface area contributed by atoms with Crippen LogP contribution in [-0.2, 0) is 11.2 Å². The summed E-state index contributed by atoms with van der Waals surface area (Å²) in [5, 5.41) is 4.14. The predicted octanol–water partition coefficient (Wildman–Crippen LogP) is 3.30. The Bertz CT molecular complexity index is 964. The van der Waals surface area contributed by atoms with Gasteiger partial charge in [0.25, 0.3) is 5.82 Å². The normalized spacial score (nSPS) is 13.4. The maximum atomic E-state index is 12.5. The molecule has 2 N–H and O–H groups in total. The Balaban J connectivity index is 1.69. The van der Waals surface area contributed by atoms with Crippen molar-refractivity contribution in [3.8, 4) is 0 Å². The minimum Gasteiger partial charge on any atom is -0.321 e. The van der Waals surface area contributed by atoms with Crippen LogP contribution in [0.25, 0.3) is 17.0 Å². The Kier molecular flexibility index (Phi) is 3.94. The standard InChI is InChI=1S/C21H19N3O/c1-24-14-13-17-20(16-9-5-6-10-18(16)22-21(17)24)23-19(25)12-11-15-7-3-2-4-8-15/h2-12H,13-14H2,1H3,(H,22,23,25)/p+1/b12-11+. The minimum atomic E-state index is -0.114. The molecule has 1 aliphatic rings. The molecular weight excluding hydrogens is 310 g/mol. The van der Waals surface area contributed by atoms with Crippen molar-refractivity contribution >= 4 is 34.4 Å². The van der Waals surface area contributed by atoms with E-state index in [1.165, 1.54) is 5.56 Å². The van der Waals surface area contributed by atoms with Crippen LogP contribution in [0, 0.1) is 0 Å². The van der Waals surface area contributed by atoms with E-state index in [4.69, 9.17) is 0 Å². The van der Waals surface area contributed by atoms with Crippen molar-refractivity contribution in [2.45, 2.75) is 6.42 Å². The average Bonchev–Trinajstić information content (AvgIpc) is 3.02. The lowest BCUT2D eigenvalue weighted by atomic mass is 10.1. The van der Waals surface area contributed by atoms with E-state index in [1.807, 2.05) is 60.7 Å². The lowest BCUT2D eigenvalue weighted by molar-refractivity contribution is -0.329. The molecule has 4 nitrogen and oxygen atoms in total. The lowest BCUT2D eigenvalue weighted by Gasteiger charge is -2.11. The number of fused-ring (bicyclic) bond motifs is 2. The van der Waals surface area contributed by atoms with Crippen molar-refractivity contribution in [1.29, 1.82) is 0 Å². The highest BCUT2D eigenvalue weighted by Crippen LogP contribution is 2.34. The van der Waals surface area contributed by atoms with E-state index >= 15 is 0 Å². The molecule has 4 heteroatoms. The third-order valence-electron chi connectivity index (χ3n) is 4.59. The Morgan fingerprint density at radius 2 is 1.88 bits per heavy atom. The molecule has 0 aliphatic carbocycles. The first-order valence-corrected chi connectivity index (χ1v) is 8.44. The van der Waals surface area contributed by atoms with Crippen molar-refractivity contribution < 1.29 is 9.78 Å². The SMILES string of the molecule is CN1CCc2c1[nH+]c1ccccc1c2NC(=O)/C=C/c1ccccc1. The van der Waals surface area contributed by atoms with Crippen LogP contribution >= 0.6 is 0 Å². The maximum absolute atomic E-state index is 12.5. The Morgan fingerprint density at radius 1 is 1.12 bits per heavy atom. The van der Waals surface area contributed by atoms with Crippen molar-refractivity contribution in [2.75, 3.05) is 23.8 Å². The molecule has 1 aromatic heterocycles. The van der Waals surface area contributed by atoms with Crippen LogP contribution in [0.5, 0.6) is 0 Å². The fourth-order valence-electron chi connectivity index (χ4n) is 3.30. The van der Waals surface area contributed by atoms with Gasteiger partial charge in [-0.2, -0.15) is 0 Å². The van der Waals surface area contributed by atoms with Gasteiger partial charge in [0.2, 0.25) is 5.91 Å². The predicted molar refractivity (Wildman–Crippen MR) is 102 cm³/mol. The number of H-pyrrole nitrogens is 1. The van der Waals surface area contributed by atoms with E-state index in [0.717, 1.165) is 40.9 Å². The second-order valence-corrected chi connectivity index (χ2v) is 6.28. The molecule has 0 spiro atoms. The van der Waals surface area contributed by atoms with Gasteiger partial charge in [0.1, 0.15) is 5.52 Å². The first kappa shape index (κ1) is 15.4. The number of amides is 1. The van der Waals surface area contributed by atoms with Gasteiger partial charge in [-0.3, -0.25) is 9.69 Å². The van der Waals surface area contributed by atoms with Gasteiger partial charge in [-0.25, -0.2) is 4.98 Å². The Hall–Kier alpha value is -3.14. The third-order valence-corrected chi connectivity index (χ3v) is 4.59. The monoisotopic (exact) mass is 330 g/mol. The van der Waals surface area contributed by atoms with Gasteiger partial charge in [0, 0.05) is 17.9 Å². The summed E-state index contributed by atoms with van der Waals surface area (Å²) in [5.74, 6) is 0.970. The zero-order valence-electron chi connectivity index (χ0n) is 14.1. The number of nitrogens with one attached hydrogen (secondary N) is 2.